The van der Waals surface area contributed by atoms with Crippen molar-refractivity contribution in [2.75, 3.05) is 18.1 Å². The van der Waals surface area contributed by atoms with Gasteiger partial charge in [0.2, 0.25) is 0 Å². The quantitative estimate of drug-likeness (QED) is 0.818. The zero-order valence-electron chi connectivity index (χ0n) is 13.8. The number of nitriles is 1. The van der Waals surface area contributed by atoms with Gasteiger partial charge in [-0.25, -0.2) is 4.79 Å². The smallest absolute Gasteiger partial charge is 0.342 e. The maximum atomic E-state index is 12.4. The number of hydrogen-bond donors (Lipinski definition) is 1. The Kier molecular flexibility index (Phi) is 6.13. The SMILES string of the molecule is Cc1ccc(O)c(C(=O)OCC(=O)N(CCC#N)c2ccccc2)c1. The Labute approximate surface area is 145 Å². The number of para-hydroxylation sites is 1. The predicted octanol–water partition coefficient (Wildman–Crippen LogP) is 2.80. The summed E-state index contributed by atoms with van der Waals surface area (Å²) in [5.41, 5.74) is 1.42. The summed E-state index contributed by atoms with van der Waals surface area (Å²) in [4.78, 5) is 25.9. The lowest BCUT2D eigenvalue weighted by atomic mass is 10.1. The number of carbonyl (C=O) groups excluding carboxylic acids is 2. The number of phenolic OH excluding ortho intramolecular Hbond substituents is 1. The maximum absolute atomic E-state index is 12.4. The Bertz CT molecular complexity index is 797. The van der Waals surface area contributed by atoms with Gasteiger partial charge < -0.3 is 14.7 Å². The molecule has 2 aromatic rings. The van der Waals surface area contributed by atoms with Gasteiger partial charge in [0.1, 0.15) is 11.3 Å². The van der Waals surface area contributed by atoms with Gasteiger partial charge in [0.25, 0.3) is 5.91 Å². The van der Waals surface area contributed by atoms with Gasteiger partial charge in [-0.1, -0.05) is 29.8 Å². The second-order valence-electron chi connectivity index (χ2n) is 5.39. The summed E-state index contributed by atoms with van der Waals surface area (Å²) in [5, 5.41) is 18.5. The normalized spacial score (nSPS) is 9.92. The van der Waals surface area contributed by atoms with Crippen molar-refractivity contribution in [3.63, 3.8) is 0 Å². The van der Waals surface area contributed by atoms with E-state index in [2.05, 4.69) is 0 Å². The summed E-state index contributed by atoms with van der Waals surface area (Å²) in [7, 11) is 0. The van der Waals surface area contributed by atoms with Crippen molar-refractivity contribution < 1.29 is 19.4 Å². The fourth-order valence-electron chi connectivity index (χ4n) is 2.26. The minimum absolute atomic E-state index is 0.0103. The molecule has 0 bridgehead atoms. The third-order valence-corrected chi connectivity index (χ3v) is 3.51. The molecule has 1 N–H and O–H groups in total. The lowest BCUT2D eigenvalue weighted by Gasteiger charge is -2.21. The Morgan fingerprint density at radius 1 is 1.20 bits per heavy atom. The van der Waals surface area contributed by atoms with Crippen LogP contribution in [0.1, 0.15) is 22.3 Å². The molecule has 2 aromatic carbocycles. The summed E-state index contributed by atoms with van der Waals surface area (Å²) in [6.07, 6.45) is 0.160. The number of carbonyl (C=O) groups is 2. The number of phenols is 1. The topological polar surface area (TPSA) is 90.6 Å². The molecule has 0 aliphatic rings. The molecule has 0 fully saturated rings. The van der Waals surface area contributed by atoms with Gasteiger partial charge in [-0.15, -0.1) is 0 Å². The minimum Gasteiger partial charge on any atom is -0.507 e. The summed E-state index contributed by atoms with van der Waals surface area (Å²) in [6.45, 7) is 1.50. The number of amides is 1. The molecule has 0 spiro atoms. The van der Waals surface area contributed by atoms with Crippen molar-refractivity contribution in [1.29, 1.82) is 5.26 Å². The molecule has 0 radical (unpaired) electrons. The molecule has 0 aliphatic heterocycles. The molecule has 1 amide bonds. The Hall–Kier alpha value is -3.33. The van der Waals surface area contributed by atoms with E-state index >= 15 is 0 Å². The van der Waals surface area contributed by atoms with Crippen LogP contribution in [0.3, 0.4) is 0 Å². The second-order valence-corrected chi connectivity index (χ2v) is 5.39. The average Bonchev–Trinajstić information content (AvgIpc) is 2.63. The van der Waals surface area contributed by atoms with E-state index in [0.717, 1.165) is 5.56 Å². The minimum atomic E-state index is -0.775. The predicted molar refractivity (Wildman–Crippen MR) is 92.2 cm³/mol. The first kappa shape index (κ1) is 18.0. The molecule has 6 nitrogen and oxygen atoms in total. The van der Waals surface area contributed by atoms with Crippen LogP contribution in [0.15, 0.2) is 48.5 Å². The van der Waals surface area contributed by atoms with Crippen LogP contribution in [0.5, 0.6) is 5.75 Å². The van der Waals surface area contributed by atoms with Crippen LogP contribution in [0.2, 0.25) is 0 Å². The molecule has 0 aromatic heterocycles. The van der Waals surface area contributed by atoms with E-state index in [4.69, 9.17) is 10.00 Å². The number of aryl methyl sites for hydroxylation is 1. The Morgan fingerprint density at radius 3 is 2.60 bits per heavy atom. The van der Waals surface area contributed by atoms with Crippen molar-refractivity contribution in [3.8, 4) is 11.8 Å². The highest BCUT2D eigenvalue weighted by Gasteiger charge is 2.19. The summed E-state index contributed by atoms with van der Waals surface area (Å²) >= 11 is 0. The summed E-state index contributed by atoms with van der Waals surface area (Å²) < 4.78 is 5.04. The van der Waals surface area contributed by atoms with Crippen molar-refractivity contribution in [2.45, 2.75) is 13.3 Å². The molecule has 0 unspecified atom stereocenters. The van der Waals surface area contributed by atoms with Crippen LogP contribution in [-0.4, -0.2) is 30.1 Å². The number of ether oxygens (including phenoxy) is 1. The van der Waals surface area contributed by atoms with Gasteiger partial charge in [-0.2, -0.15) is 5.26 Å². The van der Waals surface area contributed by atoms with Crippen LogP contribution in [0.4, 0.5) is 5.69 Å². The average molecular weight is 338 g/mol. The second kappa shape index (κ2) is 8.50. The summed E-state index contributed by atoms with van der Waals surface area (Å²) in [5.74, 6) is -1.42. The molecule has 25 heavy (non-hydrogen) atoms. The first-order chi connectivity index (χ1) is 12.0. The molecule has 0 aliphatic carbocycles. The molecular weight excluding hydrogens is 320 g/mol. The van der Waals surface area contributed by atoms with Crippen molar-refractivity contribution >= 4 is 17.6 Å². The third kappa shape index (κ3) is 4.82. The lowest BCUT2D eigenvalue weighted by molar-refractivity contribution is -0.121. The van der Waals surface area contributed by atoms with E-state index in [1.165, 1.54) is 17.0 Å². The first-order valence-electron chi connectivity index (χ1n) is 7.72. The van der Waals surface area contributed by atoms with E-state index in [0.29, 0.717) is 5.69 Å². The number of aromatic hydroxyl groups is 1. The Morgan fingerprint density at radius 2 is 1.92 bits per heavy atom. The van der Waals surface area contributed by atoms with E-state index in [1.807, 2.05) is 12.1 Å². The number of hydrogen-bond acceptors (Lipinski definition) is 5. The van der Waals surface area contributed by atoms with E-state index in [-0.39, 0.29) is 24.3 Å². The number of rotatable bonds is 6. The van der Waals surface area contributed by atoms with E-state index in [9.17, 15) is 14.7 Å². The van der Waals surface area contributed by atoms with Gasteiger partial charge >= 0.3 is 5.97 Å². The van der Waals surface area contributed by atoms with Gasteiger partial charge in [-0.05, 0) is 31.2 Å². The molecule has 0 saturated heterocycles. The lowest BCUT2D eigenvalue weighted by Crippen LogP contribution is -2.35. The van der Waals surface area contributed by atoms with Crippen LogP contribution in [0.25, 0.3) is 0 Å². The molecule has 0 heterocycles. The van der Waals surface area contributed by atoms with E-state index in [1.54, 1.807) is 37.3 Å². The first-order valence-corrected chi connectivity index (χ1v) is 7.72. The summed E-state index contributed by atoms with van der Waals surface area (Å²) in [6, 6.07) is 15.4. The maximum Gasteiger partial charge on any atom is 0.342 e. The molecule has 0 saturated carbocycles. The monoisotopic (exact) mass is 338 g/mol. The molecule has 2 rings (SSSR count). The fourth-order valence-corrected chi connectivity index (χ4v) is 2.26. The molecule has 0 atom stereocenters. The fraction of sp³-hybridized carbons (Fsp3) is 0.211. The van der Waals surface area contributed by atoms with Gasteiger partial charge in [0.15, 0.2) is 6.61 Å². The number of benzene rings is 2. The zero-order valence-corrected chi connectivity index (χ0v) is 13.8. The van der Waals surface area contributed by atoms with Crippen LogP contribution in [-0.2, 0) is 9.53 Å². The molecule has 128 valence electrons. The largest absolute Gasteiger partial charge is 0.507 e. The number of anilines is 1. The molecule has 6 heteroatoms. The van der Waals surface area contributed by atoms with E-state index < -0.39 is 18.5 Å². The van der Waals surface area contributed by atoms with Crippen LogP contribution >= 0.6 is 0 Å². The van der Waals surface area contributed by atoms with Gasteiger partial charge in [0, 0.05) is 12.2 Å². The van der Waals surface area contributed by atoms with Crippen LogP contribution in [0, 0.1) is 18.3 Å². The highest BCUT2D eigenvalue weighted by molar-refractivity contribution is 5.98. The number of nitrogens with zero attached hydrogens (tertiary/aromatic N) is 2. The number of esters is 1. The van der Waals surface area contributed by atoms with Crippen molar-refractivity contribution in [3.05, 3.63) is 59.7 Å². The highest BCUT2D eigenvalue weighted by Crippen LogP contribution is 2.19. The van der Waals surface area contributed by atoms with Crippen LogP contribution < -0.4 is 4.90 Å². The van der Waals surface area contributed by atoms with Gasteiger partial charge in [-0.3, -0.25) is 4.79 Å². The van der Waals surface area contributed by atoms with Crippen molar-refractivity contribution in [1.82, 2.24) is 0 Å². The molecular formula is C19H18N2O4. The van der Waals surface area contributed by atoms with Gasteiger partial charge in [0.05, 0.1) is 12.5 Å². The Balaban J connectivity index is 2.07. The highest BCUT2D eigenvalue weighted by atomic mass is 16.5. The third-order valence-electron chi connectivity index (χ3n) is 3.51. The zero-order chi connectivity index (χ0) is 18.2. The van der Waals surface area contributed by atoms with Crippen molar-refractivity contribution in [2.24, 2.45) is 0 Å². The standard InChI is InChI=1S/C19H18N2O4/c1-14-8-9-17(22)16(12-14)19(24)25-13-18(23)21(11-5-10-20)15-6-3-2-4-7-15/h2-4,6-9,12,22H,5,11,13H2,1H3.